The number of nitrogens with one attached hydrogen (secondary N) is 1. The van der Waals surface area contributed by atoms with Gasteiger partial charge in [0.25, 0.3) is 5.91 Å². The van der Waals surface area contributed by atoms with Crippen LogP contribution in [0.1, 0.15) is 22.8 Å². The van der Waals surface area contributed by atoms with Gasteiger partial charge < -0.3 is 9.64 Å². The van der Waals surface area contributed by atoms with E-state index >= 15 is 0 Å². The van der Waals surface area contributed by atoms with Crippen molar-refractivity contribution in [2.45, 2.75) is 13.5 Å². The van der Waals surface area contributed by atoms with Gasteiger partial charge >= 0.3 is 0 Å². The summed E-state index contributed by atoms with van der Waals surface area (Å²) in [5.41, 5.74) is 2.71. The zero-order valence-corrected chi connectivity index (χ0v) is 14.7. The van der Waals surface area contributed by atoms with Gasteiger partial charge in [-0.25, -0.2) is 4.39 Å². The zero-order valence-electron chi connectivity index (χ0n) is 14.7. The van der Waals surface area contributed by atoms with E-state index in [1.165, 1.54) is 18.3 Å². The lowest BCUT2D eigenvalue weighted by Crippen LogP contribution is -2.30. The third-order valence-corrected chi connectivity index (χ3v) is 4.18. The monoisotopic (exact) mass is 353 g/mol. The van der Waals surface area contributed by atoms with E-state index in [-0.39, 0.29) is 11.7 Å². The van der Waals surface area contributed by atoms with E-state index < -0.39 is 0 Å². The average Bonchev–Trinajstić information content (AvgIpc) is 3.15. The lowest BCUT2D eigenvalue weighted by molar-refractivity contribution is 0.0753. The van der Waals surface area contributed by atoms with Crippen molar-refractivity contribution < 1.29 is 13.9 Å². The second-order valence-corrected chi connectivity index (χ2v) is 5.84. The number of ether oxygens (including phenoxy) is 1. The van der Waals surface area contributed by atoms with E-state index in [0.717, 1.165) is 16.9 Å². The molecule has 1 amide bonds. The highest BCUT2D eigenvalue weighted by atomic mass is 19.1. The average molecular weight is 353 g/mol. The van der Waals surface area contributed by atoms with E-state index in [1.54, 1.807) is 24.1 Å². The number of hydrogen-bond donors (Lipinski definition) is 1. The minimum absolute atomic E-state index is 0.156. The number of aromatic amines is 1. The Hall–Kier alpha value is -3.15. The summed E-state index contributed by atoms with van der Waals surface area (Å²) in [5.74, 6) is 0.270. The van der Waals surface area contributed by atoms with Crippen LogP contribution in [-0.4, -0.2) is 34.7 Å². The first-order chi connectivity index (χ1) is 12.6. The van der Waals surface area contributed by atoms with E-state index in [4.69, 9.17) is 4.74 Å². The number of benzene rings is 2. The molecule has 3 aromatic rings. The molecule has 0 unspecified atom stereocenters. The molecule has 0 bridgehead atoms. The second kappa shape index (κ2) is 7.82. The summed E-state index contributed by atoms with van der Waals surface area (Å²) in [6.07, 6.45) is 1.52. The van der Waals surface area contributed by atoms with Crippen LogP contribution in [0.5, 0.6) is 5.75 Å². The van der Waals surface area contributed by atoms with Gasteiger partial charge in [-0.3, -0.25) is 9.89 Å². The smallest absolute Gasteiger partial charge is 0.257 e. The predicted octanol–water partition coefficient (Wildman–Crippen LogP) is 3.89. The van der Waals surface area contributed by atoms with Crippen molar-refractivity contribution in [1.82, 2.24) is 15.1 Å². The van der Waals surface area contributed by atoms with Crippen molar-refractivity contribution in [3.63, 3.8) is 0 Å². The van der Waals surface area contributed by atoms with E-state index in [9.17, 15) is 9.18 Å². The molecule has 1 N–H and O–H groups in total. The molecule has 0 aliphatic rings. The van der Waals surface area contributed by atoms with Crippen LogP contribution in [0.3, 0.4) is 0 Å². The highest BCUT2D eigenvalue weighted by Crippen LogP contribution is 2.25. The largest absolute Gasteiger partial charge is 0.497 e. The van der Waals surface area contributed by atoms with Crippen molar-refractivity contribution in [2.75, 3.05) is 13.7 Å². The summed E-state index contributed by atoms with van der Waals surface area (Å²) >= 11 is 0. The Kier molecular flexibility index (Phi) is 5.31. The first kappa shape index (κ1) is 17.7. The van der Waals surface area contributed by atoms with E-state index in [2.05, 4.69) is 10.2 Å². The fraction of sp³-hybridized carbons (Fsp3) is 0.200. The number of aromatic nitrogens is 2. The Bertz CT molecular complexity index is 890. The fourth-order valence-electron chi connectivity index (χ4n) is 2.78. The summed E-state index contributed by atoms with van der Waals surface area (Å²) in [4.78, 5) is 14.7. The molecule has 1 aromatic heterocycles. The topological polar surface area (TPSA) is 58.2 Å². The number of methoxy groups -OCH3 is 1. The maximum atomic E-state index is 13.4. The van der Waals surface area contributed by atoms with Crippen LogP contribution in [0, 0.1) is 5.82 Å². The lowest BCUT2D eigenvalue weighted by atomic mass is 10.1. The van der Waals surface area contributed by atoms with Crippen molar-refractivity contribution in [3.8, 4) is 17.0 Å². The fourth-order valence-corrected chi connectivity index (χ4v) is 2.78. The standard InChI is InChI=1S/C20H20FN3O2/c1-3-24(13-14-5-4-6-16(21)11-14)20(25)18-12-22-23-19(18)15-7-9-17(26-2)10-8-15/h4-12H,3,13H2,1-2H3,(H,22,23). The molecule has 0 saturated heterocycles. The van der Waals surface area contributed by atoms with Gasteiger partial charge in [0.05, 0.1) is 24.6 Å². The molecule has 0 radical (unpaired) electrons. The molecule has 5 nitrogen and oxygen atoms in total. The summed E-state index contributed by atoms with van der Waals surface area (Å²) in [5, 5.41) is 6.93. The molecule has 3 rings (SSSR count). The van der Waals surface area contributed by atoms with Crippen LogP contribution in [0.25, 0.3) is 11.3 Å². The number of nitrogens with zero attached hydrogens (tertiary/aromatic N) is 2. The quantitative estimate of drug-likeness (QED) is 0.731. The lowest BCUT2D eigenvalue weighted by Gasteiger charge is -2.21. The summed E-state index contributed by atoms with van der Waals surface area (Å²) in [7, 11) is 1.60. The Morgan fingerprint density at radius 3 is 2.65 bits per heavy atom. The Labute approximate surface area is 151 Å². The van der Waals surface area contributed by atoms with Gasteiger partial charge in [-0.05, 0) is 48.9 Å². The van der Waals surface area contributed by atoms with Crippen LogP contribution in [0.4, 0.5) is 4.39 Å². The predicted molar refractivity (Wildman–Crippen MR) is 97.4 cm³/mol. The molecule has 0 atom stereocenters. The number of hydrogen-bond acceptors (Lipinski definition) is 3. The summed E-state index contributed by atoms with van der Waals surface area (Å²) < 4.78 is 18.6. The van der Waals surface area contributed by atoms with E-state index in [0.29, 0.717) is 24.3 Å². The molecule has 6 heteroatoms. The van der Waals surface area contributed by atoms with Crippen molar-refractivity contribution in [2.24, 2.45) is 0 Å². The molecular weight excluding hydrogens is 333 g/mol. The highest BCUT2D eigenvalue weighted by Gasteiger charge is 2.21. The molecule has 134 valence electrons. The normalized spacial score (nSPS) is 10.6. The van der Waals surface area contributed by atoms with Gasteiger partial charge in [0.2, 0.25) is 0 Å². The number of halogens is 1. The number of carbonyl (C=O) groups excluding carboxylic acids is 1. The molecule has 0 spiro atoms. The third-order valence-electron chi connectivity index (χ3n) is 4.18. The van der Waals surface area contributed by atoms with Gasteiger partial charge in [0, 0.05) is 18.7 Å². The zero-order chi connectivity index (χ0) is 18.5. The summed E-state index contributed by atoms with van der Waals surface area (Å²) in [6, 6.07) is 13.7. The van der Waals surface area contributed by atoms with Crippen LogP contribution in [0.2, 0.25) is 0 Å². The number of H-pyrrole nitrogens is 1. The number of amides is 1. The summed E-state index contributed by atoms with van der Waals surface area (Å²) in [6.45, 7) is 2.73. The van der Waals surface area contributed by atoms with Gasteiger partial charge in [0.1, 0.15) is 11.6 Å². The van der Waals surface area contributed by atoms with Crippen LogP contribution < -0.4 is 4.74 Å². The molecule has 26 heavy (non-hydrogen) atoms. The van der Waals surface area contributed by atoms with Gasteiger partial charge in [-0.2, -0.15) is 5.10 Å². The number of carbonyl (C=O) groups is 1. The van der Waals surface area contributed by atoms with Crippen LogP contribution >= 0.6 is 0 Å². The maximum absolute atomic E-state index is 13.4. The van der Waals surface area contributed by atoms with Crippen molar-refractivity contribution in [1.29, 1.82) is 0 Å². The SMILES string of the molecule is CCN(Cc1cccc(F)c1)C(=O)c1cn[nH]c1-c1ccc(OC)cc1. The van der Waals surface area contributed by atoms with Crippen molar-refractivity contribution in [3.05, 3.63) is 71.7 Å². The van der Waals surface area contributed by atoms with Crippen LogP contribution in [0.15, 0.2) is 54.7 Å². The molecular formula is C20H20FN3O2. The van der Waals surface area contributed by atoms with Crippen molar-refractivity contribution >= 4 is 5.91 Å². The molecule has 0 aliphatic heterocycles. The highest BCUT2D eigenvalue weighted by molar-refractivity contribution is 5.99. The van der Waals surface area contributed by atoms with Gasteiger partial charge in [-0.1, -0.05) is 12.1 Å². The number of rotatable bonds is 6. The molecule has 0 aliphatic carbocycles. The second-order valence-electron chi connectivity index (χ2n) is 5.84. The minimum Gasteiger partial charge on any atom is -0.497 e. The molecule has 0 fully saturated rings. The Balaban J connectivity index is 1.85. The van der Waals surface area contributed by atoms with Gasteiger partial charge in [0.15, 0.2) is 0 Å². The maximum Gasteiger partial charge on any atom is 0.257 e. The molecule has 1 heterocycles. The van der Waals surface area contributed by atoms with Gasteiger partial charge in [-0.15, -0.1) is 0 Å². The molecule has 2 aromatic carbocycles. The Morgan fingerprint density at radius 2 is 2.00 bits per heavy atom. The third kappa shape index (κ3) is 3.74. The van der Waals surface area contributed by atoms with E-state index in [1.807, 2.05) is 31.2 Å². The molecule has 0 saturated carbocycles. The Morgan fingerprint density at radius 1 is 1.23 bits per heavy atom. The van der Waals surface area contributed by atoms with Crippen LogP contribution in [-0.2, 0) is 6.54 Å². The first-order valence-electron chi connectivity index (χ1n) is 8.34. The minimum atomic E-state index is -0.312. The first-order valence-corrected chi connectivity index (χ1v) is 8.34.